The maximum Gasteiger partial charge on any atom is 0.243 e. The molecule has 2 aromatic carbocycles. The van der Waals surface area contributed by atoms with E-state index in [4.69, 9.17) is 23.2 Å². The van der Waals surface area contributed by atoms with E-state index < -0.39 is 11.9 Å². The number of amides is 1. The minimum Gasteiger partial charge on any atom is -0.322 e. The van der Waals surface area contributed by atoms with Crippen LogP contribution in [0.5, 0.6) is 0 Å². The third-order valence-corrected chi connectivity index (χ3v) is 4.35. The normalized spacial score (nSPS) is 20.5. The van der Waals surface area contributed by atoms with Gasteiger partial charge in [-0.05, 0) is 30.2 Å². The second-order valence-corrected chi connectivity index (χ2v) is 6.06. The zero-order chi connectivity index (χ0) is 16.4. The van der Waals surface area contributed by atoms with Crippen LogP contribution in [-0.2, 0) is 4.79 Å². The van der Waals surface area contributed by atoms with Crippen molar-refractivity contribution in [3.8, 4) is 0 Å². The molecule has 3 N–H and O–H groups in total. The standard InChI is InChI=1S/C16H14Cl2FN3O/c17-10-5-2-1-4-9(10)13-8-14(22-21-13)16(23)20-12-7-3-6-11(18)15(12)19/h1-7,13-14,21-22H,8H2,(H,20,23). The van der Waals surface area contributed by atoms with Crippen LogP contribution in [0.2, 0.25) is 10.0 Å². The van der Waals surface area contributed by atoms with Gasteiger partial charge in [0.2, 0.25) is 5.91 Å². The van der Waals surface area contributed by atoms with E-state index in [2.05, 4.69) is 16.2 Å². The van der Waals surface area contributed by atoms with E-state index in [1.807, 2.05) is 18.2 Å². The Morgan fingerprint density at radius 3 is 2.61 bits per heavy atom. The molecule has 2 aromatic rings. The first-order valence-electron chi connectivity index (χ1n) is 7.06. The first kappa shape index (κ1) is 16.2. The van der Waals surface area contributed by atoms with Crippen molar-refractivity contribution in [1.29, 1.82) is 0 Å². The molecule has 1 fully saturated rings. The fraction of sp³-hybridized carbons (Fsp3) is 0.188. The van der Waals surface area contributed by atoms with Crippen molar-refractivity contribution in [1.82, 2.24) is 10.9 Å². The molecule has 0 spiro atoms. The van der Waals surface area contributed by atoms with Gasteiger partial charge >= 0.3 is 0 Å². The Hall–Kier alpha value is -1.66. The minimum atomic E-state index is -0.642. The van der Waals surface area contributed by atoms with Gasteiger partial charge < -0.3 is 5.32 Å². The average Bonchev–Trinajstić information content (AvgIpc) is 3.02. The molecule has 1 aliphatic heterocycles. The highest BCUT2D eigenvalue weighted by Gasteiger charge is 2.31. The number of carbonyl (C=O) groups is 1. The third kappa shape index (κ3) is 3.48. The topological polar surface area (TPSA) is 53.2 Å². The van der Waals surface area contributed by atoms with E-state index in [9.17, 15) is 9.18 Å². The molecule has 4 nitrogen and oxygen atoms in total. The summed E-state index contributed by atoms with van der Waals surface area (Å²) in [7, 11) is 0. The number of anilines is 1. The van der Waals surface area contributed by atoms with Crippen molar-refractivity contribution >= 4 is 34.8 Å². The second-order valence-electron chi connectivity index (χ2n) is 5.24. The second kappa shape index (κ2) is 6.84. The minimum absolute atomic E-state index is 0.0331. The SMILES string of the molecule is O=C(Nc1cccc(Cl)c1F)C1CC(c2ccccc2Cl)NN1. The van der Waals surface area contributed by atoms with Crippen LogP contribution in [-0.4, -0.2) is 11.9 Å². The quantitative estimate of drug-likeness (QED) is 0.788. The number of nitrogens with one attached hydrogen (secondary N) is 3. The molecule has 23 heavy (non-hydrogen) atoms. The predicted octanol–water partition coefficient (Wildman–Crippen LogP) is 3.68. The van der Waals surface area contributed by atoms with Crippen molar-refractivity contribution in [3.05, 3.63) is 63.9 Å². The molecule has 1 aliphatic rings. The molecule has 0 saturated carbocycles. The Balaban J connectivity index is 1.68. The molecule has 1 heterocycles. The fourth-order valence-electron chi connectivity index (χ4n) is 2.51. The van der Waals surface area contributed by atoms with Gasteiger partial charge in [0.05, 0.1) is 10.7 Å². The molecule has 0 aliphatic carbocycles. The van der Waals surface area contributed by atoms with Crippen LogP contribution in [0.15, 0.2) is 42.5 Å². The first-order valence-corrected chi connectivity index (χ1v) is 7.82. The molecule has 120 valence electrons. The van der Waals surface area contributed by atoms with Crippen LogP contribution in [0.1, 0.15) is 18.0 Å². The smallest absolute Gasteiger partial charge is 0.243 e. The van der Waals surface area contributed by atoms with Crippen LogP contribution in [0, 0.1) is 5.82 Å². The zero-order valence-corrected chi connectivity index (χ0v) is 13.5. The van der Waals surface area contributed by atoms with E-state index in [-0.39, 0.29) is 22.7 Å². The fourth-order valence-corrected chi connectivity index (χ4v) is 2.95. The zero-order valence-electron chi connectivity index (χ0n) is 11.9. The molecule has 0 bridgehead atoms. The Labute approximate surface area is 142 Å². The molecular weight excluding hydrogens is 340 g/mol. The third-order valence-electron chi connectivity index (χ3n) is 3.71. The Morgan fingerprint density at radius 1 is 1.09 bits per heavy atom. The van der Waals surface area contributed by atoms with Gasteiger partial charge in [0.25, 0.3) is 0 Å². The highest BCUT2D eigenvalue weighted by molar-refractivity contribution is 6.31. The van der Waals surface area contributed by atoms with Gasteiger partial charge in [-0.2, -0.15) is 0 Å². The summed E-state index contributed by atoms with van der Waals surface area (Å²) in [5.41, 5.74) is 6.92. The number of carbonyl (C=O) groups excluding carboxylic acids is 1. The van der Waals surface area contributed by atoms with Crippen molar-refractivity contribution in [2.75, 3.05) is 5.32 Å². The van der Waals surface area contributed by atoms with E-state index >= 15 is 0 Å². The van der Waals surface area contributed by atoms with Crippen molar-refractivity contribution in [2.45, 2.75) is 18.5 Å². The number of hydrazine groups is 1. The lowest BCUT2D eigenvalue weighted by Gasteiger charge is -2.12. The lowest BCUT2D eigenvalue weighted by molar-refractivity contribution is -0.117. The molecule has 0 radical (unpaired) electrons. The van der Waals surface area contributed by atoms with E-state index in [0.29, 0.717) is 11.4 Å². The van der Waals surface area contributed by atoms with Gasteiger partial charge in [-0.25, -0.2) is 15.2 Å². The Bertz CT molecular complexity index is 741. The maximum absolute atomic E-state index is 13.8. The van der Waals surface area contributed by atoms with E-state index in [1.54, 1.807) is 12.1 Å². The van der Waals surface area contributed by atoms with E-state index in [0.717, 1.165) is 5.56 Å². The largest absolute Gasteiger partial charge is 0.322 e. The first-order chi connectivity index (χ1) is 11.1. The number of halogens is 3. The highest BCUT2D eigenvalue weighted by Crippen LogP contribution is 2.29. The number of rotatable bonds is 3. The summed E-state index contributed by atoms with van der Waals surface area (Å²) in [6.07, 6.45) is 0.498. The van der Waals surface area contributed by atoms with Crippen molar-refractivity contribution in [3.63, 3.8) is 0 Å². The highest BCUT2D eigenvalue weighted by atomic mass is 35.5. The molecular formula is C16H14Cl2FN3O. The average molecular weight is 354 g/mol. The molecule has 3 rings (SSSR count). The van der Waals surface area contributed by atoms with Gasteiger partial charge in [0, 0.05) is 11.1 Å². The summed E-state index contributed by atoms with van der Waals surface area (Å²) in [5, 5.41) is 3.15. The van der Waals surface area contributed by atoms with Gasteiger partial charge in [0.1, 0.15) is 6.04 Å². The van der Waals surface area contributed by atoms with Crippen LogP contribution in [0.3, 0.4) is 0 Å². The monoisotopic (exact) mass is 353 g/mol. The number of hydrogen-bond acceptors (Lipinski definition) is 3. The molecule has 7 heteroatoms. The van der Waals surface area contributed by atoms with Crippen LogP contribution >= 0.6 is 23.2 Å². The maximum atomic E-state index is 13.8. The lowest BCUT2D eigenvalue weighted by atomic mass is 10.0. The summed E-state index contributed by atoms with van der Waals surface area (Å²) in [4.78, 5) is 12.3. The molecule has 1 amide bonds. The molecule has 2 unspecified atom stereocenters. The summed E-state index contributed by atoms with van der Waals surface area (Å²) in [6, 6.07) is 11.3. The molecule has 1 saturated heterocycles. The number of benzene rings is 2. The van der Waals surface area contributed by atoms with Gasteiger partial charge in [-0.15, -0.1) is 0 Å². The summed E-state index contributed by atoms with van der Waals surface area (Å²) < 4.78 is 13.8. The van der Waals surface area contributed by atoms with Gasteiger partial charge in [-0.3, -0.25) is 4.79 Å². The van der Waals surface area contributed by atoms with Crippen LogP contribution in [0.25, 0.3) is 0 Å². The molecule has 0 aromatic heterocycles. The van der Waals surface area contributed by atoms with Gasteiger partial charge in [-0.1, -0.05) is 47.5 Å². The van der Waals surface area contributed by atoms with E-state index in [1.165, 1.54) is 12.1 Å². The summed E-state index contributed by atoms with van der Waals surface area (Å²) >= 11 is 11.9. The Morgan fingerprint density at radius 2 is 1.83 bits per heavy atom. The van der Waals surface area contributed by atoms with Crippen molar-refractivity contribution < 1.29 is 9.18 Å². The summed E-state index contributed by atoms with van der Waals surface area (Å²) in [6.45, 7) is 0. The molecule has 2 atom stereocenters. The van der Waals surface area contributed by atoms with Crippen LogP contribution < -0.4 is 16.2 Å². The number of hydrogen-bond donors (Lipinski definition) is 3. The van der Waals surface area contributed by atoms with Gasteiger partial charge in [0.15, 0.2) is 5.82 Å². The predicted molar refractivity (Wildman–Crippen MR) is 88.9 cm³/mol. The van der Waals surface area contributed by atoms with Crippen LogP contribution in [0.4, 0.5) is 10.1 Å². The lowest BCUT2D eigenvalue weighted by Crippen LogP contribution is -2.39. The summed E-state index contributed by atoms with van der Waals surface area (Å²) in [5.74, 6) is -0.982. The van der Waals surface area contributed by atoms with Crippen molar-refractivity contribution in [2.24, 2.45) is 0 Å². The Kier molecular flexibility index (Phi) is 4.82.